The summed E-state index contributed by atoms with van der Waals surface area (Å²) in [6.45, 7) is 2.92. The number of benzene rings is 1. The SMILES string of the molecule is CC(NC(=O)c1ccc2c(c1)CCO2)C1CC2CCC1C2. The lowest BCUT2D eigenvalue weighted by Gasteiger charge is -2.28. The summed E-state index contributed by atoms with van der Waals surface area (Å²) in [7, 11) is 0. The van der Waals surface area contributed by atoms with E-state index in [1.807, 2.05) is 18.2 Å². The molecule has 1 amide bonds. The van der Waals surface area contributed by atoms with Crippen LogP contribution < -0.4 is 10.1 Å². The van der Waals surface area contributed by atoms with Crippen molar-refractivity contribution in [1.82, 2.24) is 5.32 Å². The first-order valence-corrected chi connectivity index (χ1v) is 8.27. The fourth-order valence-corrected chi connectivity index (χ4v) is 4.63. The van der Waals surface area contributed by atoms with Crippen LogP contribution in [-0.4, -0.2) is 18.6 Å². The Bertz CT molecular complexity index is 568. The monoisotopic (exact) mass is 285 g/mol. The van der Waals surface area contributed by atoms with E-state index in [0.29, 0.717) is 5.92 Å². The first kappa shape index (κ1) is 13.2. The second-order valence-electron chi connectivity index (χ2n) is 7.02. The number of hydrogen-bond acceptors (Lipinski definition) is 2. The zero-order chi connectivity index (χ0) is 14.4. The van der Waals surface area contributed by atoms with Crippen LogP contribution in [0.25, 0.3) is 0 Å². The molecule has 1 aromatic rings. The minimum atomic E-state index is 0.0694. The van der Waals surface area contributed by atoms with Crippen molar-refractivity contribution >= 4 is 5.91 Å². The number of nitrogens with one attached hydrogen (secondary N) is 1. The lowest BCUT2D eigenvalue weighted by Crippen LogP contribution is -2.40. The molecule has 2 saturated carbocycles. The highest BCUT2D eigenvalue weighted by Crippen LogP contribution is 2.49. The van der Waals surface area contributed by atoms with Gasteiger partial charge in [-0.05, 0) is 67.7 Å². The molecular weight excluding hydrogens is 262 g/mol. The van der Waals surface area contributed by atoms with Gasteiger partial charge < -0.3 is 10.1 Å². The molecule has 3 aliphatic rings. The molecule has 2 fully saturated rings. The van der Waals surface area contributed by atoms with Gasteiger partial charge in [0.05, 0.1) is 6.61 Å². The third kappa shape index (κ3) is 2.33. The molecule has 0 aromatic heterocycles. The van der Waals surface area contributed by atoms with Gasteiger partial charge in [0.1, 0.15) is 5.75 Å². The molecular formula is C18H23NO2. The van der Waals surface area contributed by atoms with Crippen LogP contribution in [0.5, 0.6) is 5.75 Å². The van der Waals surface area contributed by atoms with Gasteiger partial charge in [0.15, 0.2) is 0 Å². The molecule has 4 atom stereocenters. The molecule has 4 rings (SSSR count). The molecule has 2 aliphatic carbocycles. The average Bonchev–Trinajstić information content (AvgIpc) is 3.21. The number of ether oxygens (including phenoxy) is 1. The molecule has 1 aromatic carbocycles. The van der Waals surface area contributed by atoms with Crippen molar-refractivity contribution in [3.63, 3.8) is 0 Å². The van der Waals surface area contributed by atoms with E-state index in [2.05, 4.69) is 12.2 Å². The number of rotatable bonds is 3. The summed E-state index contributed by atoms with van der Waals surface area (Å²) in [5.74, 6) is 3.47. The Kier molecular flexibility index (Phi) is 3.16. The Balaban J connectivity index is 1.43. The molecule has 0 spiro atoms. The number of amides is 1. The van der Waals surface area contributed by atoms with Gasteiger partial charge in [-0.1, -0.05) is 6.42 Å². The molecule has 4 unspecified atom stereocenters. The van der Waals surface area contributed by atoms with Crippen LogP contribution in [0, 0.1) is 17.8 Å². The van der Waals surface area contributed by atoms with Crippen molar-refractivity contribution in [1.29, 1.82) is 0 Å². The molecule has 1 aliphatic heterocycles. The van der Waals surface area contributed by atoms with Crippen molar-refractivity contribution in [3.8, 4) is 5.75 Å². The Hall–Kier alpha value is -1.51. The number of carbonyl (C=O) groups is 1. The summed E-state index contributed by atoms with van der Waals surface area (Å²) >= 11 is 0. The zero-order valence-electron chi connectivity index (χ0n) is 12.6. The summed E-state index contributed by atoms with van der Waals surface area (Å²) in [4.78, 5) is 12.5. The second kappa shape index (κ2) is 5.04. The van der Waals surface area contributed by atoms with Gasteiger partial charge in [-0.3, -0.25) is 4.79 Å². The topological polar surface area (TPSA) is 38.3 Å². The lowest BCUT2D eigenvalue weighted by atomic mass is 9.84. The highest BCUT2D eigenvalue weighted by atomic mass is 16.5. The molecule has 1 N–H and O–H groups in total. The second-order valence-corrected chi connectivity index (χ2v) is 7.02. The van der Waals surface area contributed by atoms with Crippen LogP contribution >= 0.6 is 0 Å². The van der Waals surface area contributed by atoms with Crippen molar-refractivity contribution in [3.05, 3.63) is 29.3 Å². The fraction of sp³-hybridized carbons (Fsp3) is 0.611. The summed E-state index contributed by atoms with van der Waals surface area (Å²) < 4.78 is 5.50. The van der Waals surface area contributed by atoms with E-state index in [-0.39, 0.29) is 11.9 Å². The lowest BCUT2D eigenvalue weighted by molar-refractivity contribution is 0.0915. The van der Waals surface area contributed by atoms with E-state index in [0.717, 1.165) is 41.7 Å². The summed E-state index contributed by atoms with van der Waals surface area (Å²) in [5.41, 5.74) is 1.93. The van der Waals surface area contributed by atoms with Crippen molar-refractivity contribution in [2.75, 3.05) is 6.61 Å². The smallest absolute Gasteiger partial charge is 0.251 e. The van der Waals surface area contributed by atoms with Gasteiger partial charge in [0.25, 0.3) is 5.91 Å². The van der Waals surface area contributed by atoms with Gasteiger partial charge >= 0.3 is 0 Å². The van der Waals surface area contributed by atoms with Gasteiger partial charge in [-0.15, -0.1) is 0 Å². The Morgan fingerprint density at radius 1 is 1.33 bits per heavy atom. The van der Waals surface area contributed by atoms with E-state index in [9.17, 15) is 4.79 Å². The van der Waals surface area contributed by atoms with E-state index in [1.165, 1.54) is 25.7 Å². The highest BCUT2D eigenvalue weighted by molar-refractivity contribution is 5.94. The largest absolute Gasteiger partial charge is 0.493 e. The zero-order valence-corrected chi connectivity index (χ0v) is 12.6. The minimum Gasteiger partial charge on any atom is -0.493 e. The van der Waals surface area contributed by atoms with Crippen LogP contribution in [0.2, 0.25) is 0 Å². The molecule has 3 nitrogen and oxygen atoms in total. The average molecular weight is 285 g/mol. The van der Waals surface area contributed by atoms with Crippen LogP contribution in [0.4, 0.5) is 0 Å². The highest BCUT2D eigenvalue weighted by Gasteiger charge is 2.42. The van der Waals surface area contributed by atoms with Gasteiger partial charge in [-0.25, -0.2) is 0 Å². The standard InChI is InChI=1S/C18H23NO2/c1-11(16-9-12-2-3-13(16)8-12)19-18(20)15-4-5-17-14(10-15)6-7-21-17/h4-5,10-13,16H,2-3,6-9H2,1H3,(H,19,20). The Morgan fingerprint density at radius 3 is 3.00 bits per heavy atom. The Morgan fingerprint density at radius 2 is 2.24 bits per heavy atom. The number of carbonyl (C=O) groups excluding carboxylic acids is 1. The summed E-state index contributed by atoms with van der Waals surface area (Å²) in [6, 6.07) is 6.09. The maximum absolute atomic E-state index is 12.5. The normalized spacial score (nSPS) is 30.8. The third-order valence-corrected chi connectivity index (χ3v) is 5.75. The van der Waals surface area contributed by atoms with Crippen LogP contribution in [0.15, 0.2) is 18.2 Å². The van der Waals surface area contributed by atoms with E-state index >= 15 is 0 Å². The summed E-state index contributed by atoms with van der Waals surface area (Å²) in [5, 5.41) is 3.23. The quantitative estimate of drug-likeness (QED) is 0.926. The van der Waals surface area contributed by atoms with Gasteiger partial charge in [0, 0.05) is 18.0 Å². The minimum absolute atomic E-state index is 0.0694. The first-order valence-electron chi connectivity index (χ1n) is 8.27. The molecule has 21 heavy (non-hydrogen) atoms. The van der Waals surface area contributed by atoms with Crippen LogP contribution in [-0.2, 0) is 6.42 Å². The van der Waals surface area contributed by atoms with E-state index in [4.69, 9.17) is 4.74 Å². The van der Waals surface area contributed by atoms with Crippen molar-refractivity contribution < 1.29 is 9.53 Å². The molecule has 112 valence electrons. The maximum Gasteiger partial charge on any atom is 0.251 e. The van der Waals surface area contributed by atoms with Crippen molar-refractivity contribution in [2.45, 2.75) is 45.1 Å². The first-order chi connectivity index (χ1) is 10.2. The maximum atomic E-state index is 12.5. The predicted octanol–water partition coefficient (Wildman–Crippen LogP) is 3.18. The van der Waals surface area contributed by atoms with Gasteiger partial charge in [0.2, 0.25) is 0 Å². The molecule has 3 heteroatoms. The fourth-order valence-electron chi connectivity index (χ4n) is 4.63. The van der Waals surface area contributed by atoms with E-state index < -0.39 is 0 Å². The molecule has 1 heterocycles. The predicted molar refractivity (Wildman–Crippen MR) is 81.5 cm³/mol. The van der Waals surface area contributed by atoms with Crippen LogP contribution in [0.1, 0.15) is 48.5 Å². The summed E-state index contributed by atoms with van der Waals surface area (Å²) in [6.07, 6.45) is 6.39. The molecule has 0 saturated heterocycles. The third-order valence-electron chi connectivity index (χ3n) is 5.75. The Labute approximate surface area is 126 Å². The van der Waals surface area contributed by atoms with Crippen molar-refractivity contribution in [2.24, 2.45) is 17.8 Å². The molecule has 2 bridgehead atoms. The molecule has 0 radical (unpaired) electrons. The van der Waals surface area contributed by atoms with E-state index in [1.54, 1.807) is 0 Å². The van der Waals surface area contributed by atoms with Gasteiger partial charge in [-0.2, -0.15) is 0 Å². The number of fused-ring (bicyclic) bond motifs is 3. The van der Waals surface area contributed by atoms with Crippen LogP contribution in [0.3, 0.4) is 0 Å². The number of hydrogen-bond donors (Lipinski definition) is 1.